The fraction of sp³-hybridized carbons (Fsp3) is 0.500. The van der Waals surface area contributed by atoms with E-state index in [4.69, 9.17) is 5.73 Å². The van der Waals surface area contributed by atoms with Crippen LogP contribution in [-0.4, -0.2) is 36.5 Å². The highest BCUT2D eigenvalue weighted by Crippen LogP contribution is 2.31. The number of aryl methyl sites for hydroxylation is 1. The third-order valence-corrected chi connectivity index (χ3v) is 3.72. The number of anilines is 2. The third kappa shape index (κ3) is 1.92. The van der Waals surface area contributed by atoms with Crippen LogP contribution in [0.2, 0.25) is 0 Å². The smallest absolute Gasteiger partial charge is 0.247 e. The molecule has 0 bridgehead atoms. The summed E-state index contributed by atoms with van der Waals surface area (Å²) in [4.78, 5) is 16.2. The molecule has 0 unspecified atom stereocenters. The molecule has 4 heteroatoms. The molecule has 1 aromatic carbocycles. The first-order valence-corrected chi connectivity index (χ1v) is 6.23. The zero-order chi connectivity index (χ0) is 13.5. The summed E-state index contributed by atoms with van der Waals surface area (Å²) in [5, 5.41) is 0. The van der Waals surface area contributed by atoms with E-state index in [9.17, 15) is 4.79 Å². The van der Waals surface area contributed by atoms with Gasteiger partial charge in [0.2, 0.25) is 5.91 Å². The maximum atomic E-state index is 12.3. The Balaban J connectivity index is 2.41. The van der Waals surface area contributed by atoms with Crippen LogP contribution in [0.1, 0.15) is 19.4 Å². The van der Waals surface area contributed by atoms with E-state index < -0.39 is 5.54 Å². The van der Waals surface area contributed by atoms with Crippen molar-refractivity contribution in [2.24, 2.45) is 0 Å². The van der Waals surface area contributed by atoms with Crippen LogP contribution in [0.25, 0.3) is 0 Å². The predicted molar refractivity (Wildman–Crippen MR) is 74.7 cm³/mol. The van der Waals surface area contributed by atoms with Crippen LogP contribution < -0.4 is 10.6 Å². The Bertz CT molecular complexity index is 482. The third-order valence-electron chi connectivity index (χ3n) is 3.72. The Hall–Kier alpha value is -1.71. The fourth-order valence-corrected chi connectivity index (χ4v) is 2.62. The highest BCUT2D eigenvalue weighted by molar-refractivity contribution is 5.90. The minimum Gasteiger partial charge on any atom is -0.399 e. The molecule has 1 amide bonds. The first kappa shape index (κ1) is 12.7. The number of carbonyl (C=O) groups excluding carboxylic acids is 1. The monoisotopic (exact) mass is 247 g/mol. The quantitative estimate of drug-likeness (QED) is 0.767. The van der Waals surface area contributed by atoms with Crippen molar-refractivity contribution in [2.45, 2.75) is 26.3 Å². The average Bonchev–Trinajstić information content (AvgIpc) is 2.28. The lowest BCUT2D eigenvalue weighted by molar-refractivity contribution is -0.136. The van der Waals surface area contributed by atoms with Crippen molar-refractivity contribution < 1.29 is 4.79 Å². The summed E-state index contributed by atoms with van der Waals surface area (Å²) < 4.78 is 0. The summed E-state index contributed by atoms with van der Waals surface area (Å²) in [6, 6.07) is 5.85. The van der Waals surface area contributed by atoms with Gasteiger partial charge in [0, 0.05) is 31.5 Å². The van der Waals surface area contributed by atoms with Gasteiger partial charge in [0.05, 0.1) is 0 Å². The second-order valence-corrected chi connectivity index (χ2v) is 5.48. The van der Waals surface area contributed by atoms with Crippen LogP contribution in [0.3, 0.4) is 0 Å². The lowest BCUT2D eigenvalue weighted by atomic mass is 9.95. The maximum absolute atomic E-state index is 12.3. The Morgan fingerprint density at radius 3 is 2.56 bits per heavy atom. The number of likely N-dealkylation sites (N-methyl/N-ethyl adjacent to an activating group) is 1. The molecule has 0 aromatic heterocycles. The standard InChI is InChI=1S/C14H21N3O/c1-10-9-11(15)5-6-12(10)17-8-7-16(4)13(18)14(17,2)3/h5-6,9H,7-8,15H2,1-4H3. The maximum Gasteiger partial charge on any atom is 0.247 e. The van der Waals surface area contributed by atoms with Gasteiger partial charge >= 0.3 is 0 Å². The number of carbonyl (C=O) groups is 1. The molecule has 2 rings (SSSR count). The van der Waals surface area contributed by atoms with E-state index in [2.05, 4.69) is 4.90 Å². The minimum absolute atomic E-state index is 0.157. The highest BCUT2D eigenvalue weighted by atomic mass is 16.2. The molecule has 0 saturated carbocycles. The topological polar surface area (TPSA) is 49.6 Å². The van der Waals surface area contributed by atoms with E-state index in [0.717, 1.165) is 30.0 Å². The van der Waals surface area contributed by atoms with Crippen LogP contribution >= 0.6 is 0 Å². The van der Waals surface area contributed by atoms with Gasteiger partial charge in [0.25, 0.3) is 0 Å². The van der Waals surface area contributed by atoms with Crippen LogP contribution in [0.5, 0.6) is 0 Å². The van der Waals surface area contributed by atoms with Gasteiger partial charge in [-0.05, 0) is 44.5 Å². The molecule has 2 N–H and O–H groups in total. The van der Waals surface area contributed by atoms with Crippen molar-refractivity contribution in [1.29, 1.82) is 0 Å². The van der Waals surface area contributed by atoms with Gasteiger partial charge in [-0.1, -0.05) is 0 Å². The SMILES string of the molecule is Cc1cc(N)ccc1N1CCN(C)C(=O)C1(C)C. The van der Waals surface area contributed by atoms with Crippen molar-refractivity contribution >= 4 is 17.3 Å². The Kier molecular flexibility index (Phi) is 2.97. The first-order valence-electron chi connectivity index (χ1n) is 6.23. The van der Waals surface area contributed by atoms with Crippen molar-refractivity contribution in [3.8, 4) is 0 Å². The molecule has 1 saturated heterocycles. The number of nitrogen functional groups attached to an aromatic ring is 1. The van der Waals surface area contributed by atoms with E-state index in [0.29, 0.717) is 0 Å². The van der Waals surface area contributed by atoms with E-state index in [1.54, 1.807) is 4.90 Å². The zero-order valence-corrected chi connectivity index (χ0v) is 11.5. The highest BCUT2D eigenvalue weighted by Gasteiger charge is 2.40. The van der Waals surface area contributed by atoms with E-state index in [1.165, 1.54) is 0 Å². The van der Waals surface area contributed by atoms with Crippen molar-refractivity contribution in [3.63, 3.8) is 0 Å². The molecule has 1 aliphatic heterocycles. The van der Waals surface area contributed by atoms with Crippen LogP contribution in [0.15, 0.2) is 18.2 Å². The number of nitrogens with zero attached hydrogens (tertiary/aromatic N) is 2. The molecule has 1 aromatic rings. The van der Waals surface area contributed by atoms with Crippen LogP contribution in [0, 0.1) is 6.92 Å². The molecule has 0 atom stereocenters. The van der Waals surface area contributed by atoms with Crippen LogP contribution in [0.4, 0.5) is 11.4 Å². The number of hydrogen-bond acceptors (Lipinski definition) is 3. The summed E-state index contributed by atoms with van der Waals surface area (Å²) in [6.07, 6.45) is 0. The molecule has 18 heavy (non-hydrogen) atoms. The normalized spacial score (nSPS) is 19.2. The predicted octanol–water partition coefficient (Wildman–Crippen LogP) is 1.63. The number of amides is 1. The number of rotatable bonds is 1. The molecule has 1 heterocycles. The number of piperazine rings is 1. The van der Waals surface area contributed by atoms with Crippen LogP contribution in [-0.2, 0) is 4.79 Å². The van der Waals surface area contributed by atoms with E-state index in [1.807, 2.05) is 46.0 Å². The molecule has 0 spiro atoms. The Morgan fingerprint density at radius 1 is 1.28 bits per heavy atom. The first-order chi connectivity index (χ1) is 8.34. The minimum atomic E-state index is -0.506. The fourth-order valence-electron chi connectivity index (χ4n) is 2.62. The van der Waals surface area contributed by atoms with Gasteiger partial charge in [-0.3, -0.25) is 4.79 Å². The molecule has 98 valence electrons. The number of hydrogen-bond donors (Lipinski definition) is 1. The Labute approximate surface area is 108 Å². The lowest BCUT2D eigenvalue weighted by Crippen LogP contribution is -2.62. The van der Waals surface area contributed by atoms with Gasteiger partial charge in [-0.25, -0.2) is 0 Å². The molecular formula is C14H21N3O. The zero-order valence-electron chi connectivity index (χ0n) is 11.5. The van der Waals surface area contributed by atoms with E-state index >= 15 is 0 Å². The van der Waals surface area contributed by atoms with Gasteiger partial charge in [-0.2, -0.15) is 0 Å². The molecule has 0 radical (unpaired) electrons. The molecule has 0 aliphatic carbocycles. The summed E-state index contributed by atoms with van der Waals surface area (Å²) >= 11 is 0. The largest absolute Gasteiger partial charge is 0.399 e. The Morgan fingerprint density at radius 2 is 1.94 bits per heavy atom. The molecule has 1 fully saturated rings. The second kappa shape index (κ2) is 4.19. The summed E-state index contributed by atoms with van der Waals surface area (Å²) in [5.74, 6) is 0.157. The van der Waals surface area contributed by atoms with Crippen molar-refractivity contribution in [1.82, 2.24) is 4.90 Å². The average molecular weight is 247 g/mol. The van der Waals surface area contributed by atoms with Gasteiger partial charge in [-0.15, -0.1) is 0 Å². The van der Waals surface area contributed by atoms with E-state index in [-0.39, 0.29) is 5.91 Å². The second-order valence-electron chi connectivity index (χ2n) is 5.48. The number of benzene rings is 1. The lowest BCUT2D eigenvalue weighted by Gasteiger charge is -2.46. The number of nitrogens with two attached hydrogens (primary N) is 1. The molecule has 1 aliphatic rings. The summed E-state index contributed by atoms with van der Waals surface area (Å²) in [7, 11) is 1.86. The molecule has 4 nitrogen and oxygen atoms in total. The summed E-state index contributed by atoms with van der Waals surface area (Å²) in [5.41, 5.74) is 8.24. The summed E-state index contributed by atoms with van der Waals surface area (Å²) in [6.45, 7) is 7.58. The van der Waals surface area contributed by atoms with Gasteiger partial charge in [0.1, 0.15) is 5.54 Å². The van der Waals surface area contributed by atoms with Gasteiger partial charge in [0.15, 0.2) is 0 Å². The van der Waals surface area contributed by atoms with Gasteiger partial charge < -0.3 is 15.5 Å². The van der Waals surface area contributed by atoms with Crippen molar-refractivity contribution in [2.75, 3.05) is 30.8 Å². The van der Waals surface area contributed by atoms with Crippen molar-refractivity contribution in [3.05, 3.63) is 23.8 Å². The molecular weight excluding hydrogens is 226 g/mol.